The Morgan fingerprint density at radius 2 is 1.70 bits per heavy atom. The maximum Gasteiger partial charge on any atom is 0.254 e. The zero-order chi connectivity index (χ0) is 19.1. The highest BCUT2D eigenvalue weighted by Gasteiger charge is 2.43. The Kier molecular flexibility index (Phi) is 6.56. The molecule has 1 fully saturated rings. The van der Waals surface area contributed by atoms with Crippen LogP contribution in [0.2, 0.25) is 0 Å². The van der Waals surface area contributed by atoms with Gasteiger partial charge in [-0.25, -0.2) is 0 Å². The Morgan fingerprint density at radius 1 is 1.04 bits per heavy atom. The fraction of sp³-hybridized carbons (Fsp3) is 0.364. The largest absolute Gasteiger partial charge is 0.353 e. The van der Waals surface area contributed by atoms with Gasteiger partial charge in [-0.05, 0) is 50.5 Å². The van der Waals surface area contributed by atoms with Gasteiger partial charge in [0.15, 0.2) is 0 Å². The molecule has 5 heteroatoms. The van der Waals surface area contributed by atoms with Crippen LogP contribution < -0.4 is 5.32 Å². The minimum absolute atomic E-state index is 0.0554. The van der Waals surface area contributed by atoms with Gasteiger partial charge in [-0.3, -0.25) is 9.59 Å². The van der Waals surface area contributed by atoms with Gasteiger partial charge in [-0.15, -0.1) is 11.8 Å². The molecule has 1 heterocycles. The molecule has 27 heavy (non-hydrogen) atoms. The lowest BCUT2D eigenvalue weighted by Crippen LogP contribution is -2.61. The Morgan fingerprint density at radius 3 is 2.41 bits per heavy atom. The number of thioether (sulfide) groups is 1. The molecular formula is C22H26N2O2S. The van der Waals surface area contributed by atoms with Crippen molar-refractivity contribution < 1.29 is 9.59 Å². The van der Waals surface area contributed by atoms with Gasteiger partial charge in [0.05, 0.1) is 0 Å². The number of piperidine rings is 1. The standard InChI is InChI=1S/C22H26N2O2S/c1-22(21(26)23-15-17-27-19-12-6-3-7-13-19)14-8-9-16-24(22)20(25)18-10-4-2-5-11-18/h2-7,10-13H,8-9,14-17H2,1H3,(H,23,26)/t22-/m1/s1. The first-order chi connectivity index (χ1) is 13.1. The summed E-state index contributed by atoms with van der Waals surface area (Å²) in [5.74, 6) is 0.685. The van der Waals surface area contributed by atoms with E-state index in [1.165, 1.54) is 4.90 Å². The molecule has 1 aliphatic rings. The number of benzene rings is 2. The molecule has 1 aliphatic heterocycles. The van der Waals surface area contributed by atoms with Crippen molar-refractivity contribution in [2.45, 2.75) is 36.6 Å². The monoisotopic (exact) mass is 382 g/mol. The number of likely N-dealkylation sites (tertiary alicyclic amines) is 1. The summed E-state index contributed by atoms with van der Waals surface area (Å²) in [6.45, 7) is 3.10. The lowest BCUT2D eigenvalue weighted by atomic mass is 9.86. The number of nitrogens with one attached hydrogen (secondary N) is 1. The van der Waals surface area contributed by atoms with Crippen molar-refractivity contribution in [3.05, 3.63) is 66.2 Å². The van der Waals surface area contributed by atoms with E-state index in [2.05, 4.69) is 17.4 Å². The van der Waals surface area contributed by atoms with Gasteiger partial charge in [0.2, 0.25) is 5.91 Å². The molecule has 3 rings (SSSR count). The summed E-state index contributed by atoms with van der Waals surface area (Å²) in [7, 11) is 0. The van der Waals surface area contributed by atoms with Gasteiger partial charge in [0, 0.05) is 29.3 Å². The second-order valence-electron chi connectivity index (χ2n) is 6.97. The maximum atomic E-state index is 13.0. The minimum atomic E-state index is -0.789. The molecule has 0 radical (unpaired) electrons. The number of rotatable bonds is 6. The Labute approximate surface area is 165 Å². The zero-order valence-corrected chi connectivity index (χ0v) is 16.5. The van der Waals surface area contributed by atoms with E-state index >= 15 is 0 Å². The number of nitrogens with zero attached hydrogens (tertiary/aromatic N) is 1. The van der Waals surface area contributed by atoms with Crippen LogP contribution in [0.15, 0.2) is 65.6 Å². The summed E-state index contributed by atoms with van der Waals surface area (Å²) in [6, 6.07) is 19.4. The second-order valence-corrected chi connectivity index (χ2v) is 8.14. The van der Waals surface area contributed by atoms with E-state index < -0.39 is 5.54 Å². The highest BCUT2D eigenvalue weighted by Crippen LogP contribution is 2.30. The van der Waals surface area contributed by atoms with Crippen LogP contribution in [-0.2, 0) is 4.79 Å². The molecule has 2 aromatic carbocycles. The molecule has 1 N–H and O–H groups in total. The Hall–Kier alpha value is -2.27. The fourth-order valence-electron chi connectivity index (χ4n) is 3.46. The summed E-state index contributed by atoms with van der Waals surface area (Å²) in [5.41, 5.74) is -0.152. The van der Waals surface area contributed by atoms with Gasteiger partial charge in [-0.1, -0.05) is 36.4 Å². The lowest BCUT2D eigenvalue weighted by Gasteiger charge is -2.43. The first-order valence-electron chi connectivity index (χ1n) is 9.44. The second kappa shape index (κ2) is 9.09. The minimum Gasteiger partial charge on any atom is -0.353 e. The van der Waals surface area contributed by atoms with Crippen LogP contribution in [0.5, 0.6) is 0 Å². The molecule has 0 unspecified atom stereocenters. The summed E-state index contributed by atoms with van der Waals surface area (Å²) in [6.07, 6.45) is 2.59. The fourth-order valence-corrected chi connectivity index (χ4v) is 4.25. The van der Waals surface area contributed by atoms with Crippen LogP contribution in [0.4, 0.5) is 0 Å². The number of carbonyl (C=O) groups is 2. The average molecular weight is 383 g/mol. The van der Waals surface area contributed by atoms with Crippen LogP contribution in [0.1, 0.15) is 36.5 Å². The first kappa shape index (κ1) is 19.5. The van der Waals surface area contributed by atoms with E-state index in [4.69, 9.17) is 0 Å². The van der Waals surface area contributed by atoms with E-state index in [1.807, 2.05) is 55.5 Å². The summed E-state index contributed by atoms with van der Waals surface area (Å²) in [5, 5.41) is 3.05. The van der Waals surface area contributed by atoms with Gasteiger partial charge < -0.3 is 10.2 Å². The van der Waals surface area contributed by atoms with Gasteiger partial charge in [0.25, 0.3) is 5.91 Å². The molecule has 2 amide bonds. The van der Waals surface area contributed by atoms with E-state index in [1.54, 1.807) is 16.7 Å². The average Bonchev–Trinajstić information content (AvgIpc) is 2.72. The van der Waals surface area contributed by atoms with Crippen LogP contribution in [-0.4, -0.2) is 41.1 Å². The SMILES string of the molecule is C[C@]1(C(=O)NCCSc2ccccc2)CCCCN1C(=O)c1ccccc1. The summed E-state index contributed by atoms with van der Waals surface area (Å²) < 4.78 is 0. The normalized spacial score (nSPS) is 19.5. The van der Waals surface area contributed by atoms with Crippen molar-refractivity contribution in [1.82, 2.24) is 10.2 Å². The number of hydrogen-bond acceptors (Lipinski definition) is 3. The van der Waals surface area contributed by atoms with Crippen LogP contribution in [0, 0.1) is 0 Å². The zero-order valence-electron chi connectivity index (χ0n) is 15.7. The van der Waals surface area contributed by atoms with E-state index in [-0.39, 0.29) is 11.8 Å². The van der Waals surface area contributed by atoms with Crippen molar-refractivity contribution in [3.8, 4) is 0 Å². The molecule has 0 aromatic heterocycles. The predicted octanol–water partition coefficient (Wildman–Crippen LogP) is 3.98. The molecule has 142 valence electrons. The molecule has 0 aliphatic carbocycles. The molecule has 0 spiro atoms. The van der Waals surface area contributed by atoms with Crippen molar-refractivity contribution in [3.63, 3.8) is 0 Å². The summed E-state index contributed by atoms with van der Waals surface area (Å²) >= 11 is 1.72. The quantitative estimate of drug-likeness (QED) is 0.607. The molecule has 4 nitrogen and oxygen atoms in total. The molecule has 2 aromatic rings. The van der Waals surface area contributed by atoms with Gasteiger partial charge >= 0.3 is 0 Å². The number of carbonyl (C=O) groups excluding carboxylic acids is 2. The van der Waals surface area contributed by atoms with Crippen molar-refractivity contribution in [1.29, 1.82) is 0 Å². The smallest absolute Gasteiger partial charge is 0.254 e. The molecular weight excluding hydrogens is 356 g/mol. The van der Waals surface area contributed by atoms with Crippen molar-refractivity contribution in [2.24, 2.45) is 0 Å². The summed E-state index contributed by atoms with van der Waals surface area (Å²) in [4.78, 5) is 28.9. The van der Waals surface area contributed by atoms with E-state index in [0.29, 0.717) is 25.1 Å². The Bertz CT molecular complexity index is 766. The predicted molar refractivity (Wildman–Crippen MR) is 110 cm³/mol. The van der Waals surface area contributed by atoms with Crippen molar-refractivity contribution in [2.75, 3.05) is 18.8 Å². The molecule has 0 saturated carbocycles. The first-order valence-corrected chi connectivity index (χ1v) is 10.4. The van der Waals surface area contributed by atoms with Crippen LogP contribution in [0.3, 0.4) is 0 Å². The van der Waals surface area contributed by atoms with Crippen molar-refractivity contribution >= 4 is 23.6 Å². The topological polar surface area (TPSA) is 49.4 Å². The van der Waals surface area contributed by atoms with Gasteiger partial charge in [0.1, 0.15) is 5.54 Å². The number of amides is 2. The van der Waals surface area contributed by atoms with Crippen LogP contribution in [0.25, 0.3) is 0 Å². The molecule has 1 atom stereocenters. The molecule has 0 bridgehead atoms. The third kappa shape index (κ3) is 4.72. The van der Waals surface area contributed by atoms with Gasteiger partial charge in [-0.2, -0.15) is 0 Å². The Balaban J connectivity index is 1.61. The maximum absolute atomic E-state index is 13.0. The highest BCUT2D eigenvalue weighted by atomic mass is 32.2. The van der Waals surface area contributed by atoms with E-state index in [0.717, 1.165) is 18.6 Å². The lowest BCUT2D eigenvalue weighted by molar-refractivity contribution is -0.132. The van der Waals surface area contributed by atoms with Crippen LogP contribution >= 0.6 is 11.8 Å². The number of hydrogen-bond donors (Lipinski definition) is 1. The molecule has 1 saturated heterocycles. The third-order valence-corrected chi connectivity index (χ3v) is 6.06. The third-order valence-electron chi connectivity index (χ3n) is 5.05. The van der Waals surface area contributed by atoms with E-state index in [9.17, 15) is 9.59 Å². The highest BCUT2D eigenvalue weighted by molar-refractivity contribution is 7.99.